The van der Waals surface area contributed by atoms with Gasteiger partial charge in [-0.2, -0.15) is 18.3 Å². The van der Waals surface area contributed by atoms with Crippen LogP contribution in [0, 0.1) is 0 Å². The molecule has 1 N–H and O–H groups in total. The minimum absolute atomic E-state index is 0.0666. The van der Waals surface area contributed by atoms with Crippen molar-refractivity contribution in [3.05, 3.63) is 46.7 Å². The van der Waals surface area contributed by atoms with Crippen LogP contribution >= 0.6 is 15.9 Å². The largest absolute Gasteiger partial charge is 0.416 e. The fourth-order valence-corrected chi connectivity index (χ4v) is 1.87. The fraction of sp³-hybridized carbons (Fsp3) is 0.167. The first-order valence-electron chi connectivity index (χ1n) is 5.50. The molecule has 4 nitrogen and oxygen atoms in total. The third kappa shape index (κ3) is 3.60. The van der Waals surface area contributed by atoms with Gasteiger partial charge in [0.15, 0.2) is 0 Å². The number of alkyl halides is 3. The van der Waals surface area contributed by atoms with Crippen LogP contribution in [0.5, 0.6) is 0 Å². The highest BCUT2D eigenvalue weighted by molar-refractivity contribution is 9.10. The van der Waals surface area contributed by atoms with E-state index in [1.54, 1.807) is 12.3 Å². The maximum atomic E-state index is 12.6. The minimum Gasteiger partial charge on any atom is -0.323 e. The number of hydrogen-bond donors (Lipinski definition) is 1. The molecule has 1 amide bonds. The molecule has 1 aromatic heterocycles. The minimum atomic E-state index is -4.46. The van der Waals surface area contributed by atoms with Gasteiger partial charge in [-0.3, -0.25) is 9.48 Å². The molecule has 2 rings (SSSR count). The van der Waals surface area contributed by atoms with Gasteiger partial charge in [0.25, 0.3) is 0 Å². The summed E-state index contributed by atoms with van der Waals surface area (Å²) in [5.41, 5.74) is -0.757. The first kappa shape index (κ1) is 14.6. The summed E-state index contributed by atoms with van der Waals surface area (Å²) < 4.78 is 39.5. The van der Waals surface area contributed by atoms with E-state index < -0.39 is 17.6 Å². The Hall–Kier alpha value is -1.83. The quantitative estimate of drug-likeness (QED) is 0.925. The lowest BCUT2D eigenvalue weighted by Gasteiger charge is -2.11. The Bertz CT molecular complexity index is 611. The molecule has 106 valence electrons. The molecule has 1 aromatic carbocycles. The summed E-state index contributed by atoms with van der Waals surface area (Å²) in [6, 6.07) is 4.71. The molecule has 0 radical (unpaired) electrons. The van der Waals surface area contributed by atoms with Gasteiger partial charge >= 0.3 is 6.18 Å². The molecule has 20 heavy (non-hydrogen) atoms. The molecule has 0 saturated carbocycles. The van der Waals surface area contributed by atoms with Crippen molar-refractivity contribution in [1.29, 1.82) is 0 Å². The third-order valence-corrected chi connectivity index (χ3v) is 3.12. The number of anilines is 1. The predicted octanol–water partition coefficient (Wildman–Crippen LogP) is 3.30. The molecule has 0 atom stereocenters. The summed E-state index contributed by atoms with van der Waals surface area (Å²) in [4.78, 5) is 11.7. The summed E-state index contributed by atoms with van der Waals surface area (Å²) in [6.45, 7) is -0.0737. The van der Waals surface area contributed by atoms with Crippen LogP contribution in [-0.2, 0) is 17.5 Å². The molecular formula is C12H9BrF3N3O. The maximum Gasteiger partial charge on any atom is 0.416 e. The summed E-state index contributed by atoms with van der Waals surface area (Å²) in [5.74, 6) is -0.464. The van der Waals surface area contributed by atoms with Gasteiger partial charge < -0.3 is 5.32 Å². The van der Waals surface area contributed by atoms with Crippen LogP contribution in [-0.4, -0.2) is 15.7 Å². The standard InChI is InChI=1S/C12H9BrF3N3O/c13-9-3-2-8(12(14,15)16)6-10(9)18-11(20)7-19-5-1-4-17-19/h1-6H,7H2,(H,18,20). The van der Waals surface area contributed by atoms with Crippen LogP contribution in [0.3, 0.4) is 0 Å². The lowest BCUT2D eigenvalue weighted by Crippen LogP contribution is -2.19. The molecule has 0 bridgehead atoms. The Morgan fingerprint density at radius 2 is 2.15 bits per heavy atom. The molecule has 0 aliphatic carbocycles. The SMILES string of the molecule is O=C(Cn1cccn1)Nc1cc(C(F)(F)F)ccc1Br. The third-order valence-electron chi connectivity index (χ3n) is 2.43. The van der Waals surface area contributed by atoms with Crippen molar-refractivity contribution >= 4 is 27.5 Å². The molecule has 0 fully saturated rings. The summed E-state index contributed by atoms with van der Waals surface area (Å²) in [6.07, 6.45) is -1.36. The number of carbonyl (C=O) groups excluding carboxylic acids is 1. The Balaban J connectivity index is 2.14. The van der Waals surface area contributed by atoms with E-state index in [0.29, 0.717) is 4.47 Å². The second-order valence-electron chi connectivity index (χ2n) is 3.94. The van der Waals surface area contributed by atoms with Crippen molar-refractivity contribution in [1.82, 2.24) is 9.78 Å². The van der Waals surface area contributed by atoms with E-state index in [1.165, 1.54) is 16.9 Å². The Kier molecular flexibility index (Phi) is 4.12. The Labute approximate surface area is 120 Å². The monoisotopic (exact) mass is 347 g/mol. The smallest absolute Gasteiger partial charge is 0.323 e. The molecule has 0 aliphatic rings. The van der Waals surface area contributed by atoms with Gasteiger partial charge in [0, 0.05) is 16.9 Å². The number of nitrogens with one attached hydrogen (secondary N) is 1. The average molecular weight is 348 g/mol. The zero-order valence-corrected chi connectivity index (χ0v) is 11.6. The van der Waals surface area contributed by atoms with E-state index in [9.17, 15) is 18.0 Å². The zero-order chi connectivity index (χ0) is 14.8. The van der Waals surface area contributed by atoms with Gasteiger partial charge in [-0.1, -0.05) is 0 Å². The van der Waals surface area contributed by atoms with E-state index >= 15 is 0 Å². The van der Waals surface area contributed by atoms with Crippen molar-refractivity contribution in [2.24, 2.45) is 0 Å². The van der Waals surface area contributed by atoms with Gasteiger partial charge in [0.1, 0.15) is 6.54 Å². The van der Waals surface area contributed by atoms with Crippen molar-refractivity contribution in [2.45, 2.75) is 12.7 Å². The lowest BCUT2D eigenvalue weighted by atomic mass is 10.2. The average Bonchev–Trinajstić information content (AvgIpc) is 2.83. The summed E-state index contributed by atoms with van der Waals surface area (Å²) in [5, 5.41) is 6.26. The molecular weight excluding hydrogens is 339 g/mol. The van der Waals surface area contributed by atoms with Crippen LogP contribution < -0.4 is 5.32 Å². The Morgan fingerprint density at radius 3 is 2.75 bits per heavy atom. The molecule has 0 unspecified atom stereocenters. The number of nitrogens with zero attached hydrogens (tertiary/aromatic N) is 2. The number of aromatic nitrogens is 2. The van der Waals surface area contributed by atoms with E-state index in [-0.39, 0.29) is 12.2 Å². The van der Waals surface area contributed by atoms with Gasteiger partial charge in [-0.25, -0.2) is 0 Å². The van der Waals surface area contributed by atoms with Crippen LogP contribution in [0.15, 0.2) is 41.1 Å². The van der Waals surface area contributed by atoms with Crippen molar-refractivity contribution < 1.29 is 18.0 Å². The number of hydrogen-bond acceptors (Lipinski definition) is 2. The zero-order valence-electron chi connectivity index (χ0n) is 9.99. The normalized spacial score (nSPS) is 11.4. The van der Waals surface area contributed by atoms with Gasteiger partial charge in [0.2, 0.25) is 5.91 Å². The molecule has 1 heterocycles. The van der Waals surface area contributed by atoms with E-state index in [0.717, 1.165) is 12.1 Å². The molecule has 0 saturated heterocycles. The lowest BCUT2D eigenvalue weighted by molar-refractivity contribution is -0.137. The highest BCUT2D eigenvalue weighted by Gasteiger charge is 2.31. The highest BCUT2D eigenvalue weighted by Crippen LogP contribution is 2.33. The second kappa shape index (κ2) is 5.66. The number of rotatable bonds is 3. The van der Waals surface area contributed by atoms with Crippen molar-refractivity contribution in [3.63, 3.8) is 0 Å². The highest BCUT2D eigenvalue weighted by atomic mass is 79.9. The number of carbonyl (C=O) groups is 1. The van der Waals surface area contributed by atoms with Crippen molar-refractivity contribution in [3.8, 4) is 0 Å². The first-order chi connectivity index (χ1) is 9.36. The van der Waals surface area contributed by atoms with Crippen LogP contribution in [0.1, 0.15) is 5.56 Å². The van der Waals surface area contributed by atoms with E-state index in [4.69, 9.17) is 0 Å². The maximum absolute atomic E-state index is 12.6. The Morgan fingerprint density at radius 1 is 1.40 bits per heavy atom. The summed E-state index contributed by atoms with van der Waals surface area (Å²) in [7, 11) is 0. The van der Waals surface area contributed by atoms with Gasteiger partial charge in [0.05, 0.1) is 11.3 Å². The van der Waals surface area contributed by atoms with E-state index in [2.05, 4.69) is 26.3 Å². The van der Waals surface area contributed by atoms with Crippen molar-refractivity contribution in [2.75, 3.05) is 5.32 Å². The number of halogens is 4. The fourth-order valence-electron chi connectivity index (χ4n) is 1.53. The first-order valence-corrected chi connectivity index (χ1v) is 6.29. The number of benzene rings is 1. The van der Waals surface area contributed by atoms with Gasteiger partial charge in [-0.05, 0) is 40.2 Å². The van der Waals surface area contributed by atoms with Crippen LogP contribution in [0.4, 0.5) is 18.9 Å². The topological polar surface area (TPSA) is 46.9 Å². The second-order valence-corrected chi connectivity index (χ2v) is 4.80. The molecule has 2 aromatic rings. The number of amides is 1. The summed E-state index contributed by atoms with van der Waals surface area (Å²) >= 11 is 3.10. The molecule has 0 aliphatic heterocycles. The van der Waals surface area contributed by atoms with Gasteiger partial charge in [-0.15, -0.1) is 0 Å². The van der Waals surface area contributed by atoms with Crippen LogP contribution in [0.2, 0.25) is 0 Å². The van der Waals surface area contributed by atoms with E-state index in [1.807, 2.05) is 0 Å². The predicted molar refractivity (Wildman–Crippen MR) is 70.0 cm³/mol. The molecule has 0 spiro atoms. The molecule has 8 heteroatoms. The van der Waals surface area contributed by atoms with Crippen LogP contribution in [0.25, 0.3) is 0 Å².